The van der Waals surface area contributed by atoms with Gasteiger partial charge in [-0.05, 0) is 18.5 Å². The molecule has 0 bridgehead atoms. The standard InChI is InChI=1S/C14H20N2O3/c1-2-3-9-16(10-12(15)17)13(14(18)19)11-7-5-4-6-8-11/h4-8,13H,2-3,9-10H2,1H3,(H2,15,17)(H,18,19). The van der Waals surface area contributed by atoms with Crippen LogP contribution in [0.3, 0.4) is 0 Å². The number of benzene rings is 1. The first-order valence-corrected chi connectivity index (χ1v) is 6.36. The summed E-state index contributed by atoms with van der Waals surface area (Å²) in [6, 6.07) is 8.06. The molecule has 104 valence electrons. The molecule has 0 aliphatic rings. The second-order valence-electron chi connectivity index (χ2n) is 4.44. The molecule has 1 unspecified atom stereocenters. The molecule has 1 amide bonds. The minimum Gasteiger partial charge on any atom is -0.480 e. The molecule has 0 saturated heterocycles. The zero-order valence-corrected chi connectivity index (χ0v) is 11.1. The van der Waals surface area contributed by atoms with Crippen molar-refractivity contribution in [3.8, 4) is 0 Å². The van der Waals surface area contributed by atoms with Gasteiger partial charge in [-0.3, -0.25) is 14.5 Å². The molecule has 0 aromatic heterocycles. The van der Waals surface area contributed by atoms with E-state index in [2.05, 4.69) is 0 Å². The molecular weight excluding hydrogens is 244 g/mol. The highest BCUT2D eigenvalue weighted by Crippen LogP contribution is 2.21. The van der Waals surface area contributed by atoms with Crippen molar-refractivity contribution in [2.45, 2.75) is 25.8 Å². The van der Waals surface area contributed by atoms with Gasteiger partial charge in [-0.2, -0.15) is 0 Å². The van der Waals surface area contributed by atoms with E-state index in [4.69, 9.17) is 5.73 Å². The van der Waals surface area contributed by atoms with Crippen LogP contribution in [0.2, 0.25) is 0 Å². The molecular formula is C14H20N2O3. The molecule has 1 rings (SSSR count). The Kier molecular flexibility index (Phi) is 6.02. The van der Waals surface area contributed by atoms with Gasteiger partial charge in [0.25, 0.3) is 0 Å². The minimum atomic E-state index is -0.969. The normalized spacial score (nSPS) is 12.3. The lowest BCUT2D eigenvalue weighted by Crippen LogP contribution is -2.40. The number of rotatable bonds is 8. The van der Waals surface area contributed by atoms with E-state index in [1.807, 2.05) is 13.0 Å². The zero-order chi connectivity index (χ0) is 14.3. The molecule has 5 heteroatoms. The third-order valence-corrected chi connectivity index (χ3v) is 2.87. The summed E-state index contributed by atoms with van der Waals surface area (Å²) in [5, 5.41) is 9.42. The molecule has 0 aliphatic heterocycles. The highest BCUT2D eigenvalue weighted by atomic mass is 16.4. The lowest BCUT2D eigenvalue weighted by Gasteiger charge is -2.27. The summed E-state index contributed by atoms with van der Waals surface area (Å²) < 4.78 is 0. The highest BCUT2D eigenvalue weighted by molar-refractivity contribution is 5.79. The Bertz CT molecular complexity index is 420. The number of unbranched alkanes of at least 4 members (excludes halogenated alkanes) is 1. The average molecular weight is 264 g/mol. The second kappa shape index (κ2) is 7.53. The smallest absolute Gasteiger partial charge is 0.325 e. The van der Waals surface area contributed by atoms with E-state index in [0.29, 0.717) is 12.1 Å². The summed E-state index contributed by atoms with van der Waals surface area (Å²) in [6.07, 6.45) is 1.75. The van der Waals surface area contributed by atoms with E-state index >= 15 is 0 Å². The number of hydrogen-bond donors (Lipinski definition) is 2. The summed E-state index contributed by atoms with van der Waals surface area (Å²) >= 11 is 0. The number of nitrogens with zero attached hydrogens (tertiary/aromatic N) is 1. The first kappa shape index (κ1) is 15.2. The molecule has 1 atom stereocenters. The van der Waals surface area contributed by atoms with Gasteiger partial charge >= 0.3 is 5.97 Å². The fraction of sp³-hybridized carbons (Fsp3) is 0.429. The maximum atomic E-state index is 11.5. The number of carbonyl (C=O) groups is 2. The summed E-state index contributed by atoms with van der Waals surface area (Å²) in [5.41, 5.74) is 5.87. The number of primary amides is 1. The summed E-state index contributed by atoms with van der Waals surface area (Å²) in [6.45, 7) is 2.50. The fourth-order valence-electron chi connectivity index (χ4n) is 2.01. The van der Waals surface area contributed by atoms with Gasteiger partial charge in [-0.15, -0.1) is 0 Å². The predicted molar refractivity (Wildman–Crippen MR) is 72.5 cm³/mol. The summed E-state index contributed by atoms with van der Waals surface area (Å²) in [4.78, 5) is 24.2. The van der Waals surface area contributed by atoms with Crippen molar-refractivity contribution in [3.63, 3.8) is 0 Å². The molecule has 1 aromatic rings. The number of hydrogen-bond acceptors (Lipinski definition) is 3. The summed E-state index contributed by atoms with van der Waals surface area (Å²) in [7, 11) is 0. The number of carboxylic acid groups (broad SMARTS) is 1. The van der Waals surface area contributed by atoms with E-state index in [-0.39, 0.29) is 6.54 Å². The van der Waals surface area contributed by atoms with Crippen LogP contribution in [0.1, 0.15) is 31.4 Å². The SMILES string of the molecule is CCCCN(CC(N)=O)C(C(=O)O)c1ccccc1. The van der Waals surface area contributed by atoms with Gasteiger partial charge in [0.2, 0.25) is 5.91 Å². The molecule has 3 N–H and O–H groups in total. The van der Waals surface area contributed by atoms with Gasteiger partial charge in [0.1, 0.15) is 6.04 Å². The van der Waals surface area contributed by atoms with Crippen molar-refractivity contribution in [2.75, 3.05) is 13.1 Å². The molecule has 0 fully saturated rings. The maximum Gasteiger partial charge on any atom is 0.325 e. The van der Waals surface area contributed by atoms with E-state index in [1.54, 1.807) is 29.2 Å². The van der Waals surface area contributed by atoms with Crippen LogP contribution in [0, 0.1) is 0 Å². The highest BCUT2D eigenvalue weighted by Gasteiger charge is 2.27. The molecule has 0 heterocycles. The monoisotopic (exact) mass is 264 g/mol. The third kappa shape index (κ3) is 4.71. The first-order chi connectivity index (χ1) is 9.06. The Morgan fingerprint density at radius 3 is 2.42 bits per heavy atom. The lowest BCUT2D eigenvalue weighted by atomic mass is 10.0. The number of aliphatic carboxylic acids is 1. The number of carboxylic acids is 1. The van der Waals surface area contributed by atoms with Crippen LogP contribution >= 0.6 is 0 Å². The van der Waals surface area contributed by atoms with Crippen LogP contribution < -0.4 is 5.73 Å². The van der Waals surface area contributed by atoms with Crippen LogP contribution in [0.4, 0.5) is 0 Å². The van der Waals surface area contributed by atoms with Crippen LogP contribution in [-0.4, -0.2) is 35.0 Å². The van der Waals surface area contributed by atoms with Crippen molar-refractivity contribution < 1.29 is 14.7 Å². The van der Waals surface area contributed by atoms with Gasteiger partial charge in [-0.1, -0.05) is 43.7 Å². The quantitative estimate of drug-likeness (QED) is 0.743. The molecule has 0 radical (unpaired) electrons. The molecule has 0 aliphatic carbocycles. The molecule has 1 aromatic carbocycles. The van der Waals surface area contributed by atoms with Crippen LogP contribution in [-0.2, 0) is 9.59 Å². The minimum absolute atomic E-state index is 0.0497. The topological polar surface area (TPSA) is 83.6 Å². The number of amides is 1. The largest absolute Gasteiger partial charge is 0.480 e. The molecule has 0 saturated carbocycles. The van der Waals surface area contributed by atoms with Crippen molar-refractivity contribution in [3.05, 3.63) is 35.9 Å². The van der Waals surface area contributed by atoms with Gasteiger partial charge in [0, 0.05) is 0 Å². The second-order valence-corrected chi connectivity index (χ2v) is 4.44. The molecule has 0 spiro atoms. The fourth-order valence-corrected chi connectivity index (χ4v) is 2.01. The number of nitrogens with two attached hydrogens (primary N) is 1. The summed E-state index contributed by atoms with van der Waals surface area (Å²) in [5.74, 6) is -1.48. The maximum absolute atomic E-state index is 11.5. The number of carbonyl (C=O) groups excluding carboxylic acids is 1. The average Bonchev–Trinajstić information content (AvgIpc) is 2.36. The Balaban J connectivity index is 2.97. The van der Waals surface area contributed by atoms with Crippen molar-refractivity contribution in [2.24, 2.45) is 5.73 Å². The Morgan fingerprint density at radius 2 is 1.95 bits per heavy atom. The van der Waals surface area contributed by atoms with Crippen LogP contribution in [0.5, 0.6) is 0 Å². The van der Waals surface area contributed by atoms with Gasteiger partial charge < -0.3 is 10.8 Å². The van der Waals surface area contributed by atoms with Gasteiger partial charge in [0.15, 0.2) is 0 Å². The Hall–Kier alpha value is -1.88. The Labute approximate surface area is 113 Å². The lowest BCUT2D eigenvalue weighted by molar-refractivity contribution is -0.144. The van der Waals surface area contributed by atoms with Gasteiger partial charge in [-0.25, -0.2) is 0 Å². The van der Waals surface area contributed by atoms with Gasteiger partial charge in [0.05, 0.1) is 6.54 Å². The molecule has 19 heavy (non-hydrogen) atoms. The third-order valence-electron chi connectivity index (χ3n) is 2.87. The molecule has 5 nitrogen and oxygen atoms in total. The van der Waals surface area contributed by atoms with Crippen molar-refractivity contribution in [1.82, 2.24) is 4.90 Å². The zero-order valence-electron chi connectivity index (χ0n) is 11.1. The van der Waals surface area contributed by atoms with E-state index < -0.39 is 17.9 Å². The van der Waals surface area contributed by atoms with Crippen molar-refractivity contribution >= 4 is 11.9 Å². The van der Waals surface area contributed by atoms with E-state index in [9.17, 15) is 14.7 Å². The van der Waals surface area contributed by atoms with Crippen LogP contribution in [0.15, 0.2) is 30.3 Å². The predicted octanol–water partition coefficient (Wildman–Crippen LogP) is 1.40. The van der Waals surface area contributed by atoms with E-state index in [1.165, 1.54) is 0 Å². The van der Waals surface area contributed by atoms with Crippen molar-refractivity contribution in [1.29, 1.82) is 0 Å². The first-order valence-electron chi connectivity index (χ1n) is 6.36. The van der Waals surface area contributed by atoms with Crippen LogP contribution in [0.25, 0.3) is 0 Å². The van der Waals surface area contributed by atoms with E-state index in [0.717, 1.165) is 12.8 Å². The Morgan fingerprint density at radius 1 is 1.32 bits per heavy atom.